The van der Waals surface area contributed by atoms with Crippen molar-refractivity contribution < 1.29 is 19.4 Å². The van der Waals surface area contributed by atoms with E-state index in [1.165, 1.54) is 0 Å². The number of nitrogens with one attached hydrogen (secondary N) is 1. The van der Waals surface area contributed by atoms with E-state index < -0.39 is 30.0 Å². The molecule has 0 radical (unpaired) electrons. The molecular formula is C15H14NO4-. The van der Waals surface area contributed by atoms with Crippen molar-refractivity contribution in [3.63, 3.8) is 0 Å². The van der Waals surface area contributed by atoms with Crippen LogP contribution in [0.5, 0.6) is 0 Å². The molecule has 1 N–H and O–H groups in total. The Morgan fingerprint density at radius 3 is 2.45 bits per heavy atom. The summed E-state index contributed by atoms with van der Waals surface area (Å²) >= 11 is 0. The molecule has 1 aromatic carbocycles. The molecule has 2 aliphatic rings. The van der Waals surface area contributed by atoms with Gasteiger partial charge in [0, 0.05) is 17.6 Å². The summed E-state index contributed by atoms with van der Waals surface area (Å²) in [6.07, 6.45) is 2.39. The van der Waals surface area contributed by atoms with Gasteiger partial charge >= 0.3 is 0 Å². The largest absolute Gasteiger partial charge is 0.550 e. The van der Waals surface area contributed by atoms with E-state index in [0.29, 0.717) is 5.69 Å². The second kappa shape index (κ2) is 4.76. The third-order valence-electron chi connectivity index (χ3n) is 3.88. The number of carbonyl (C=O) groups excluding carboxylic acids is 2. The summed E-state index contributed by atoms with van der Waals surface area (Å²) < 4.78 is 5.46. The van der Waals surface area contributed by atoms with E-state index in [4.69, 9.17) is 4.74 Å². The first-order valence-corrected chi connectivity index (χ1v) is 6.49. The highest BCUT2D eigenvalue weighted by Gasteiger charge is 2.50. The first kappa shape index (κ1) is 12.9. The van der Waals surface area contributed by atoms with Gasteiger partial charge in [0.05, 0.1) is 18.1 Å². The third kappa shape index (κ3) is 2.00. The van der Waals surface area contributed by atoms with E-state index in [9.17, 15) is 14.7 Å². The number of carboxylic acid groups (broad SMARTS) is 1. The van der Waals surface area contributed by atoms with Crippen molar-refractivity contribution in [2.75, 3.05) is 5.32 Å². The normalized spacial score (nSPS) is 30.4. The van der Waals surface area contributed by atoms with Gasteiger partial charge in [0.2, 0.25) is 5.91 Å². The number of para-hydroxylation sites is 1. The van der Waals surface area contributed by atoms with Gasteiger partial charge in [0.15, 0.2) is 0 Å². The molecule has 1 amide bonds. The standard InChI is InChI=1S/C15H15NO4/c1-8-4-2-3-5-9(8)16-14(17)12-10-6-7-11(20-10)13(12)15(18)19/h2-7,10-13H,1H3,(H,16,17)(H,18,19)/p-1/t10-,11+,12+,13+/m1/s1. The number of fused-ring (bicyclic) bond motifs is 2. The summed E-state index contributed by atoms with van der Waals surface area (Å²) in [5.74, 6) is -3.25. The first-order valence-electron chi connectivity index (χ1n) is 6.49. The fraction of sp³-hybridized carbons (Fsp3) is 0.333. The number of benzene rings is 1. The first-order chi connectivity index (χ1) is 9.58. The summed E-state index contributed by atoms with van der Waals surface area (Å²) in [5.41, 5.74) is 1.60. The Bertz CT molecular complexity index is 595. The van der Waals surface area contributed by atoms with Crippen molar-refractivity contribution in [3.8, 4) is 0 Å². The van der Waals surface area contributed by atoms with Crippen LogP contribution >= 0.6 is 0 Å². The second-order valence-corrected chi connectivity index (χ2v) is 5.12. The van der Waals surface area contributed by atoms with Crippen LogP contribution in [0.1, 0.15) is 5.56 Å². The van der Waals surface area contributed by atoms with Crippen LogP contribution in [-0.2, 0) is 14.3 Å². The van der Waals surface area contributed by atoms with Crippen molar-refractivity contribution in [2.24, 2.45) is 11.8 Å². The Labute approximate surface area is 116 Å². The highest BCUT2D eigenvalue weighted by atomic mass is 16.5. The smallest absolute Gasteiger partial charge is 0.231 e. The van der Waals surface area contributed by atoms with Gasteiger partial charge in [-0.3, -0.25) is 4.79 Å². The van der Waals surface area contributed by atoms with Gasteiger partial charge in [-0.1, -0.05) is 30.4 Å². The number of hydrogen-bond acceptors (Lipinski definition) is 4. The highest BCUT2D eigenvalue weighted by Crippen LogP contribution is 2.39. The Kier molecular flexibility index (Phi) is 3.06. The zero-order valence-electron chi connectivity index (χ0n) is 10.9. The second-order valence-electron chi connectivity index (χ2n) is 5.12. The number of aliphatic carboxylic acids is 1. The lowest BCUT2D eigenvalue weighted by Crippen LogP contribution is -2.45. The van der Waals surface area contributed by atoms with Gasteiger partial charge in [-0.2, -0.15) is 0 Å². The van der Waals surface area contributed by atoms with Crippen molar-refractivity contribution in [1.82, 2.24) is 0 Å². The molecule has 2 aliphatic heterocycles. The topological polar surface area (TPSA) is 78.5 Å². The molecule has 5 heteroatoms. The summed E-state index contributed by atoms with van der Waals surface area (Å²) in [7, 11) is 0. The molecule has 0 aliphatic carbocycles. The Hall–Kier alpha value is -2.14. The molecule has 2 heterocycles. The van der Waals surface area contributed by atoms with Crippen molar-refractivity contribution in [2.45, 2.75) is 19.1 Å². The maximum Gasteiger partial charge on any atom is 0.231 e. The van der Waals surface area contributed by atoms with E-state index in [2.05, 4.69) is 5.32 Å². The molecule has 0 unspecified atom stereocenters. The summed E-state index contributed by atoms with van der Waals surface area (Å²) in [4.78, 5) is 23.6. The Morgan fingerprint density at radius 2 is 1.80 bits per heavy atom. The average molecular weight is 272 g/mol. The molecule has 3 rings (SSSR count). The minimum absolute atomic E-state index is 0.342. The molecule has 0 saturated carbocycles. The minimum atomic E-state index is -1.24. The van der Waals surface area contributed by atoms with E-state index in [-0.39, 0.29) is 5.91 Å². The molecule has 0 aromatic heterocycles. The van der Waals surface area contributed by atoms with Crippen LogP contribution in [0.3, 0.4) is 0 Å². The quantitative estimate of drug-likeness (QED) is 0.800. The molecule has 4 atom stereocenters. The van der Waals surface area contributed by atoms with Crippen molar-refractivity contribution in [1.29, 1.82) is 0 Å². The molecule has 1 aromatic rings. The van der Waals surface area contributed by atoms with Gasteiger partial charge in [0.25, 0.3) is 0 Å². The number of hydrogen-bond donors (Lipinski definition) is 1. The van der Waals surface area contributed by atoms with Crippen LogP contribution in [0, 0.1) is 18.8 Å². The zero-order chi connectivity index (χ0) is 14.3. The molecule has 1 fully saturated rings. The van der Waals surface area contributed by atoms with Gasteiger partial charge in [-0.25, -0.2) is 0 Å². The van der Waals surface area contributed by atoms with Gasteiger partial charge in [0.1, 0.15) is 0 Å². The van der Waals surface area contributed by atoms with Crippen LogP contribution in [0.2, 0.25) is 0 Å². The van der Waals surface area contributed by atoms with Crippen LogP contribution in [0.25, 0.3) is 0 Å². The van der Waals surface area contributed by atoms with E-state index in [1.807, 2.05) is 25.1 Å². The lowest BCUT2D eigenvalue weighted by Gasteiger charge is -2.25. The van der Waals surface area contributed by atoms with Crippen LogP contribution < -0.4 is 10.4 Å². The fourth-order valence-electron chi connectivity index (χ4n) is 2.83. The lowest BCUT2D eigenvalue weighted by atomic mass is 9.82. The number of carbonyl (C=O) groups is 2. The predicted molar refractivity (Wildman–Crippen MR) is 69.6 cm³/mol. The molecule has 20 heavy (non-hydrogen) atoms. The number of carboxylic acids is 1. The highest BCUT2D eigenvalue weighted by molar-refractivity contribution is 5.96. The summed E-state index contributed by atoms with van der Waals surface area (Å²) in [6.45, 7) is 1.88. The lowest BCUT2D eigenvalue weighted by molar-refractivity contribution is -0.313. The molecule has 0 spiro atoms. The molecular weight excluding hydrogens is 258 g/mol. The molecule has 2 bridgehead atoms. The van der Waals surface area contributed by atoms with Crippen LogP contribution in [0.4, 0.5) is 5.69 Å². The number of ether oxygens (including phenoxy) is 1. The monoisotopic (exact) mass is 272 g/mol. The van der Waals surface area contributed by atoms with Crippen LogP contribution in [-0.4, -0.2) is 24.1 Å². The predicted octanol–water partition coefficient (Wildman–Crippen LogP) is 0.253. The van der Waals surface area contributed by atoms with Crippen molar-refractivity contribution >= 4 is 17.6 Å². The van der Waals surface area contributed by atoms with Crippen LogP contribution in [0.15, 0.2) is 36.4 Å². The molecule has 5 nitrogen and oxygen atoms in total. The number of aryl methyl sites for hydroxylation is 1. The molecule has 104 valence electrons. The minimum Gasteiger partial charge on any atom is -0.550 e. The van der Waals surface area contributed by atoms with E-state index in [1.54, 1.807) is 18.2 Å². The summed E-state index contributed by atoms with van der Waals surface area (Å²) in [6, 6.07) is 7.35. The zero-order valence-corrected chi connectivity index (χ0v) is 10.9. The van der Waals surface area contributed by atoms with Gasteiger partial charge in [-0.05, 0) is 18.6 Å². The number of amides is 1. The molecule has 1 saturated heterocycles. The SMILES string of the molecule is Cc1ccccc1NC(=O)[C@@H]1[C@@H](C(=O)[O-])[C@@H]2C=C[C@H]1O2. The Balaban J connectivity index is 1.82. The maximum atomic E-state index is 12.4. The van der Waals surface area contributed by atoms with Gasteiger partial charge < -0.3 is 20.0 Å². The summed E-state index contributed by atoms with van der Waals surface area (Å²) in [5, 5.41) is 14.0. The van der Waals surface area contributed by atoms with E-state index >= 15 is 0 Å². The van der Waals surface area contributed by atoms with E-state index in [0.717, 1.165) is 5.56 Å². The number of anilines is 1. The van der Waals surface area contributed by atoms with Gasteiger partial charge in [-0.15, -0.1) is 0 Å². The average Bonchev–Trinajstić information content (AvgIpc) is 3.01. The third-order valence-corrected chi connectivity index (χ3v) is 3.88. The number of rotatable bonds is 3. The van der Waals surface area contributed by atoms with Crippen molar-refractivity contribution in [3.05, 3.63) is 42.0 Å². The Morgan fingerprint density at radius 1 is 1.15 bits per heavy atom. The maximum absolute atomic E-state index is 12.4. The fourth-order valence-corrected chi connectivity index (χ4v) is 2.83.